The van der Waals surface area contributed by atoms with E-state index in [-0.39, 0.29) is 10.8 Å². The first-order chi connectivity index (χ1) is 15.4. The minimum absolute atomic E-state index is 0.0325. The molecular weight excluding hydrogens is 430 g/mol. The van der Waals surface area contributed by atoms with Gasteiger partial charge >= 0.3 is 0 Å². The first-order valence-corrected chi connectivity index (χ1v) is 12.2. The molecule has 2 aromatic carbocycles. The second-order valence-electron chi connectivity index (χ2n) is 7.52. The van der Waals surface area contributed by atoms with Crippen LogP contribution in [0.2, 0.25) is 0 Å². The van der Waals surface area contributed by atoms with Crippen LogP contribution in [0, 0.1) is 0 Å². The highest BCUT2D eigenvalue weighted by atomic mass is 32.2. The first-order valence-electron chi connectivity index (χ1n) is 10.8. The van der Waals surface area contributed by atoms with Crippen LogP contribution in [0.15, 0.2) is 53.4 Å². The van der Waals surface area contributed by atoms with Gasteiger partial charge in [0.1, 0.15) is 11.5 Å². The van der Waals surface area contributed by atoms with Crippen LogP contribution < -0.4 is 14.8 Å². The van der Waals surface area contributed by atoms with Crippen LogP contribution in [0.5, 0.6) is 11.5 Å². The maximum atomic E-state index is 12.8. The number of ether oxygens (including phenoxy) is 2. The molecule has 0 bridgehead atoms. The predicted molar refractivity (Wildman–Crippen MR) is 123 cm³/mol. The van der Waals surface area contributed by atoms with E-state index in [1.54, 1.807) is 31.4 Å². The van der Waals surface area contributed by atoms with Crippen molar-refractivity contribution in [2.24, 2.45) is 0 Å². The fraction of sp³-hybridized carbons (Fsp3) is 0.435. The molecule has 8 nitrogen and oxygen atoms in total. The van der Waals surface area contributed by atoms with Gasteiger partial charge < -0.3 is 14.8 Å². The summed E-state index contributed by atoms with van der Waals surface area (Å²) in [4.78, 5) is 14.6. The Balaban J connectivity index is 1.39. The molecule has 9 heteroatoms. The van der Waals surface area contributed by atoms with E-state index >= 15 is 0 Å². The number of methoxy groups -OCH3 is 1. The lowest BCUT2D eigenvalue weighted by atomic mass is 10.1. The molecular formula is C23H31N3O5S. The lowest BCUT2D eigenvalue weighted by Crippen LogP contribution is -2.50. The number of nitrogens with one attached hydrogen (secondary N) is 1. The van der Waals surface area contributed by atoms with E-state index in [1.807, 2.05) is 31.2 Å². The molecule has 0 saturated carbocycles. The molecule has 0 radical (unpaired) electrons. The molecule has 1 fully saturated rings. The maximum absolute atomic E-state index is 12.8. The van der Waals surface area contributed by atoms with Gasteiger partial charge in [-0.15, -0.1) is 0 Å². The van der Waals surface area contributed by atoms with E-state index in [4.69, 9.17) is 9.47 Å². The van der Waals surface area contributed by atoms with Crippen molar-refractivity contribution in [2.45, 2.75) is 18.2 Å². The number of hydrogen-bond donors (Lipinski definition) is 1. The number of hydrogen-bond acceptors (Lipinski definition) is 6. The van der Waals surface area contributed by atoms with E-state index in [0.717, 1.165) is 11.3 Å². The van der Waals surface area contributed by atoms with Crippen molar-refractivity contribution in [2.75, 3.05) is 53.0 Å². The second-order valence-corrected chi connectivity index (χ2v) is 9.46. The Labute approximate surface area is 190 Å². The van der Waals surface area contributed by atoms with Gasteiger partial charge in [-0.25, -0.2) is 8.42 Å². The number of rotatable bonds is 10. The number of carbonyl (C=O) groups is 1. The summed E-state index contributed by atoms with van der Waals surface area (Å²) in [6.07, 6.45) is 0.320. The van der Waals surface area contributed by atoms with Gasteiger partial charge in [-0.1, -0.05) is 12.1 Å². The molecule has 1 amide bonds. The highest BCUT2D eigenvalue weighted by Gasteiger charge is 2.28. The highest BCUT2D eigenvalue weighted by Crippen LogP contribution is 2.20. The monoisotopic (exact) mass is 461 g/mol. The van der Waals surface area contributed by atoms with Gasteiger partial charge in [-0.05, 0) is 48.9 Å². The average molecular weight is 462 g/mol. The van der Waals surface area contributed by atoms with Crippen LogP contribution in [0.4, 0.5) is 0 Å². The molecule has 0 atom stereocenters. The van der Waals surface area contributed by atoms with Crippen molar-refractivity contribution in [3.05, 3.63) is 54.1 Å². The van der Waals surface area contributed by atoms with Crippen LogP contribution >= 0.6 is 0 Å². The zero-order valence-corrected chi connectivity index (χ0v) is 19.4. The quantitative estimate of drug-likeness (QED) is 0.580. The summed E-state index contributed by atoms with van der Waals surface area (Å²) in [5.41, 5.74) is 0.934. The van der Waals surface area contributed by atoms with E-state index in [9.17, 15) is 13.2 Å². The van der Waals surface area contributed by atoms with Crippen molar-refractivity contribution >= 4 is 15.9 Å². The molecule has 1 aliphatic rings. The Morgan fingerprint density at radius 2 is 1.59 bits per heavy atom. The molecule has 0 unspecified atom stereocenters. The lowest BCUT2D eigenvalue weighted by molar-refractivity contribution is -0.120. The topological polar surface area (TPSA) is 88.2 Å². The minimum Gasteiger partial charge on any atom is -0.497 e. The Bertz CT molecular complexity index is 970. The number of nitrogens with zero attached hydrogens (tertiary/aromatic N) is 2. The van der Waals surface area contributed by atoms with Crippen LogP contribution in [-0.2, 0) is 21.2 Å². The summed E-state index contributed by atoms with van der Waals surface area (Å²) in [7, 11) is -1.97. The van der Waals surface area contributed by atoms with Crippen molar-refractivity contribution in [1.82, 2.24) is 14.5 Å². The van der Waals surface area contributed by atoms with E-state index in [1.165, 1.54) is 4.31 Å². The lowest BCUT2D eigenvalue weighted by Gasteiger charge is -2.34. The third kappa shape index (κ3) is 6.44. The second kappa shape index (κ2) is 11.3. The molecule has 1 aliphatic heterocycles. The highest BCUT2D eigenvalue weighted by molar-refractivity contribution is 7.89. The van der Waals surface area contributed by atoms with Crippen molar-refractivity contribution < 1.29 is 22.7 Å². The van der Waals surface area contributed by atoms with Gasteiger partial charge in [0.25, 0.3) is 0 Å². The number of benzene rings is 2. The Hall–Kier alpha value is -2.62. The maximum Gasteiger partial charge on any atom is 0.243 e. The number of sulfonamides is 1. The molecule has 32 heavy (non-hydrogen) atoms. The average Bonchev–Trinajstić information content (AvgIpc) is 2.81. The Morgan fingerprint density at radius 1 is 0.969 bits per heavy atom. The number of carbonyl (C=O) groups excluding carboxylic acids is 1. The van der Waals surface area contributed by atoms with Crippen LogP contribution in [-0.4, -0.2) is 76.5 Å². The normalized spacial score (nSPS) is 15.3. The van der Waals surface area contributed by atoms with Crippen LogP contribution in [0.25, 0.3) is 0 Å². The van der Waals surface area contributed by atoms with Gasteiger partial charge in [0.05, 0.1) is 25.0 Å². The van der Waals surface area contributed by atoms with E-state index in [2.05, 4.69) is 10.2 Å². The van der Waals surface area contributed by atoms with Gasteiger partial charge in [0, 0.05) is 39.3 Å². The zero-order valence-electron chi connectivity index (χ0n) is 18.6. The molecule has 0 aromatic heterocycles. The van der Waals surface area contributed by atoms with Crippen molar-refractivity contribution in [3.8, 4) is 11.5 Å². The number of amides is 1. The SMILES string of the molecule is CCOc1ccc(CC(=O)NCCN2CCN(S(=O)(=O)c3ccc(OC)cc3)CC2)cc1. The molecule has 174 valence electrons. The van der Waals surface area contributed by atoms with Crippen LogP contribution in [0.1, 0.15) is 12.5 Å². The predicted octanol–water partition coefficient (Wildman–Crippen LogP) is 1.76. The zero-order chi connectivity index (χ0) is 23.0. The Morgan fingerprint density at radius 3 is 2.19 bits per heavy atom. The third-order valence-electron chi connectivity index (χ3n) is 5.38. The largest absolute Gasteiger partial charge is 0.497 e. The molecule has 1 N–H and O–H groups in total. The fourth-order valence-corrected chi connectivity index (χ4v) is 4.98. The molecule has 2 aromatic rings. The summed E-state index contributed by atoms with van der Waals surface area (Å²) < 4.78 is 37.7. The molecule has 0 spiro atoms. The summed E-state index contributed by atoms with van der Waals surface area (Å²) >= 11 is 0. The van der Waals surface area contributed by atoms with Crippen molar-refractivity contribution in [1.29, 1.82) is 0 Å². The van der Waals surface area contributed by atoms with Gasteiger partial charge in [-0.3, -0.25) is 9.69 Å². The molecule has 1 heterocycles. The minimum atomic E-state index is -3.51. The van der Waals surface area contributed by atoms with Crippen molar-refractivity contribution in [3.63, 3.8) is 0 Å². The molecule has 0 aliphatic carbocycles. The van der Waals surface area contributed by atoms with Gasteiger partial charge in [0.2, 0.25) is 15.9 Å². The summed E-state index contributed by atoms with van der Waals surface area (Å²) in [6, 6.07) is 14.0. The van der Waals surface area contributed by atoms with Gasteiger partial charge in [-0.2, -0.15) is 4.31 Å². The Kier molecular flexibility index (Phi) is 8.49. The van der Waals surface area contributed by atoms with E-state index < -0.39 is 10.0 Å². The fourth-order valence-electron chi connectivity index (χ4n) is 3.56. The summed E-state index contributed by atoms with van der Waals surface area (Å²) in [6.45, 7) is 5.87. The van der Waals surface area contributed by atoms with Crippen LogP contribution in [0.3, 0.4) is 0 Å². The van der Waals surface area contributed by atoms with E-state index in [0.29, 0.717) is 58.0 Å². The molecule has 3 rings (SSSR count). The third-order valence-corrected chi connectivity index (χ3v) is 7.29. The standard InChI is InChI=1S/C23H31N3O5S/c1-3-31-21-6-4-19(5-7-21)18-23(27)24-12-13-25-14-16-26(17-15-25)32(28,29)22-10-8-20(30-2)9-11-22/h4-11H,3,12-18H2,1-2H3,(H,24,27). The van der Waals surface area contributed by atoms with Gasteiger partial charge in [0.15, 0.2) is 0 Å². The molecule has 1 saturated heterocycles. The smallest absolute Gasteiger partial charge is 0.243 e. The first kappa shape index (κ1) is 24.0. The number of piperazine rings is 1. The summed E-state index contributed by atoms with van der Waals surface area (Å²) in [5, 5.41) is 2.94. The summed E-state index contributed by atoms with van der Waals surface area (Å²) in [5.74, 6) is 1.39.